The first-order valence-corrected chi connectivity index (χ1v) is 11.7. The lowest BCUT2D eigenvalue weighted by Gasteiger charge is -2.12. The third kappa shape index (κ3) is 4.27. The van der Waals surface area contributed by atoms with Crippen LogP contribution in [0.3, 0.4) is 0 Å². The highest BCUT2D eigenvalue weighted by molar-refractivity contribution is 6.33. The van der Waals surface area contributed by atoms with Gasteiger partial charge in [-0.3, -0.25) is 4.98 Å². The number of aryl methyl sites for hydroxylation is 1. The van der Waals surface area contributed by atoms with E-state index in [1.165, 1.54) is 0 Å². The molecular weight excluding hydrogens is 480 g/mol. The minimum absolute atomic E-state index is 0.298. The maximum Gasteiger partial charge on any atom is 0.217 e. The molecule has 0 saturated heterocycles. The summed E-state index contributed by atoms with van der Waals surface area (Å²) in [4.78, 5) is 13.6. The number of ether oxygens (including phenoxy) is 3. The molecule has 0 aliphatic rings. The van der Waals surface area contributed by atoms with Gasteiger partial charge < -0.3 is 18.8 Å². The maximum atomic E-state index is 6.80. The molecule has 184 valence electrons. The number of hydrogen-bond acceptors (Lipinski definition) is 7. The summed E-state index contributed by atoms with van der Waals surface area (Å²) >= 11 is 6.80. The van der Waals surface area contributed by atoms with Gasteiger partial charge in [0.05, 0.1) is 25.6 Å². The average Bonchev–Trinajstić information content (AvgIpc) is 3.48. The third-order valence-corrected chi connectivity index (χ3v) is 6.22. The van der Waals surface area contributed by atoms with Crippen LogP contribution in [0.4, 0.5) is 0 Å². The van der Waals surface area contributed by atoms with Crippen LogP contribution in [0.25, 0.3) is 39.5 Å². The molecule has 4 aromatic heterocycles. The monoisotopic (exact) mass is 504 g/mol. The van der Waals surface area contributed by atoms with Crippen molar-refractivity contribution in [1.29, 1.82) is 0 Å². The molecule has 0 saturated carbocycles. The van der Waals surface area contributed by atoms with Crippen LogP contribution in [0.1, 0.15) is 5.56 Å². The number of aromatic nitrogens is 6. The summed E-state index contributed by atoms with van der Waals surface area (Å²) in [6, 6.07) is 9.71. The van der Waals surface area contributed by atoms with Crippen LogP contribution >= 0.6 is 11.6 Å². The number of imidazole rings is 1. The first kappa shape index (κ1) is 23.8. The molecule has 0 amide bonds. The van der Waals surface area contributed by atoms with Gasteiger partial charge in [0.1, 0.15) is 23.6 Å². The number of nitrogens with zero attached hydrogens (tertiary/aromatic N) is 6. The Bertz CT molecular complexity index is 1530. The van der Waals surface area contributed by atoms with Crippen molar-refractivity contribution < 1.29 is 14.2 Å². The molecule has 1 aromatic carbocycles. The zero-order valence-electron chi connectivity index (χ0n) is 20.4. The van der Waals surface area contributed by atoms with E-state index in [9.17, 15) is 0 Å². The minimum atomic E-state index is 0.298. The summed E-state index contributed by atoms with van der Waals surface area (Å²) in [5.41, 5.74) is 5.04. The number of pyridine rings is 1. The molecule has 0 atom stereocenters. The molecular formula is C26H25ClN6O3. The van der Waals surface area contributed by atoms with Crippen molar-refractivity contribution in [2.24, 2.45) is 7.05 Å². The lowest BCUT2D eigenvalue weighted by atomic mass is 9.96. The Morgan fingerprint density at radius 2 is 1.89 bits per heavy atom. The van der Waals surface area contributed by atoms with Crippen LogP contribution in [0.5, 0.6) is 11.5 Å². The quantitative estimate of drug-likeness (QED) is 0.279. The predicted octanol–water partition coefficient (Wildman–Crippen LogP) is 4.85. The molecule has 0 fully saturated rings. The molecule has 4 heterocycles. The zero-order chi connectivity index (χ0) is 25.2. The Morgan fingerprint density at radius 3 is 2.58 bits per heavy atom. The van der Waals surface area contributed by atoms with Crippen LogP contribution in [-0.4, -0.2) is 56.6 Å². The summed E-state index contributed by atoms with van der Waals surface area (Å²) < 4.78 is 19.9. The fraction of sp³-hybridized carbons (Fsp3) is 0.231. The van der Waals surface area contributed by atoms with Gasteiger partial charge >= 0.3 is 0 Å². The molecule has 0 unspecified atom stereocenters. The molecule has 0 radical (unpaired) electrons. The normalized spacial score (nSPS) is 11.2. The van der Waals surface area contributed by atoms with E-state index in [0.29, 0.717) is 47.0 Å². The van der Waals surface area contributed by atoms with Gasteiger partial charge in [0.2, 0.25) is 5.82 Å². The summed E-state index contributed by atoms with van der Waals surface area (Å²) in [5, 5.41) is 5.05. The van der Waals surface area contributed by atoms with Crippen LogP contribution in [-0.2, 0) is 11.8 Å². The van der Waals surface area contributed by atoms with E-state index < -0.39 is 0 Å². The van der Waals surface area contributed by atoms with Crippen LogP contribution in [0.2, 0.25) is 5.15 Å². The second kappa shape index (κ2) is 9.96. The number of benzene rings is 1. The van der Waals surface area contributed by atoms with Crippen LogP contribution < -0.4 is 9.47 Å². The third-order valence-electron chi connectivity index (χ3n) is 5.95. The molecule has 0 aliphatic carbocycles. The number of methoxy groups -OCH3 is 2. The van der Waals surface area contributed by atoms with Crippen molar-refractivity contribution in [3.63, 3.8) is 0 Å². The smallest absolute Gasteiger partial charge is 0.217 e. The van der Waals surface area contributed by atoms with Crippen molar-refractivity contribution in [3.05, 3.63) is 65.8 Å². The average molecular weight is 505 g/mol. The molecule has 5 rings (SSSR count). The maximum absolute atomic E-state index is 6.80. The van der Waals surface area contributed by atoms with Gasteiger partial charge in [-0.25, -0.2) is 14.5 Å². The second-order valence-electron chi connectivity index (χ2n) is 8.15. The van der Waals surface area contributed by atoms with Crippen molar-refractivity contribution in [2.75, 3.05) is 27.4 Å². The van der Waals surface area contributed by atoms with E-state index in [0.717, 1.165) is 28.0 Å². The highest BCUT2D eigenvalue weighted by Crippen LogP contribution is 2.41. The zero-order valence-corrected chi connectivity index (χ0v) is 21.2. The number of rotatable bonds is 8. The minimum Gasteiger partial charge on any atom is -0.496 e. The second-order valence-corrected chi connectivity index (χ2v) is 8.51. The SMILES string of the molecule is COCCOc1ccc(-c2c(-c3cccc(OC)c3C)cn3nc(-c4nccn4C)nc(Cl)c23)nc1. The van der Waals surface area contributed by atoms with Gasteiger partial charge in [-0.2, -0.15) is 0 Å². The van der Waals surface area contributed by atoms with Crippen molar-refractivity contribution in [2.45, 2.75) is 6.92 Å². The number of halogens is 1. The lowest BCUT2D eigenvalue weighted by Crippen LogP contribution is -2.04. The van der Waals surface area contributed by atoms with Gasteiger partial charge in [0, 0.05) is 43.9 Å². The molecule has 0 bridgehead atoms. The van der Waals surface area contributed by atoms with Gasteiger partial charge in [0.25, 0.3) is 0 Å². The fourth-order valence-corrected chi connectivity index (χ4v) is 4.42. The largest absolute Gasteiger partial charge is 0.496 e. The van der Waals surface area contributed by atoms with Gasteiger partial charge in [-0.05, 0) is 36.2 Å². The summed E-state index contributed by atoms with van der Waals surface area (Å²) in [6.07, 6.45) is 7.16. The first-order valence-electron chi connectivity index (χ1n) is 11.3. The molecule has 0 aliphatic heterocycles. The Morgan fingerprint density at radius 1 is 1.03 bits per heavy atom. The highest BCUT2D eigenvalue weighted by Gasteiger charge is 2.23. The molecule has 9 nitrogen and oxygen atoms in total. The van der Waals surface area contributed by atoms with E-state index in [1.54, 1.807) is 31.1 Å². The van der Waals surface area contributed by atoms with Gasteiger partial charge in [-0.1, -0.05) is 23.7 Å². The topological polar surface area (TPSA) is 88.6 Å². The highest BCUT2D eigenvalue weighted by atomic mass is 35.5. The molecule has 36 heavy (non-hydrogen) atoms. The molecule has 0 N–H and O–H groups in total. The van der Waals surface area contributed by atoms with Gasteiger partial charge in [0.15, 0.2) is 11.0 Å². The number of hydrogen-bond donors (Lipinski definition) is 0. The summed E-state index contributed by atoms with van der Waals surface area (Å²) in [5.74, 6) is 2.47. The summed E-state index contributed by atoms with van der Waals surface area (Å²) in [7, 11) is 5.18. The van der Waals surface area contributed by atoms with Crippen molar-refractivity contribution >= 4 is 17.1 Å². The van der Waals surface area contributed by atoms with E-state index in [2.05, 4.69) is 9.97 Å². The molecule has 10 heteroatoms. The first-order chi connectivity index (χ1) is 17.5. The van der Waals surface area contributed by atoms with Crippen LogP contribution in [0.15, 0.2) is 55.1 Å². The van der Waals surface area contributed by atoms with E-state index in [-0.39, 0.29) is 0 Å². The van der Waals surface area contributed by atoms with Crippen molar-refractivity contribution in [1.82, 2.24) is 29.1 Å². The Hall–Kier alpha value is -3.95. The standard InChI is InChI=1S/C26H25ClN6O3/c1-16-18(6-5-7-21(16)35-4)19-15-33-23(24(27)30-25(31-33)26-28-10-11-32(26)2)22(19)20-9-8-17(14-29-20)36-13-12-34-3/h5-11,14-15H,12-13H2,1-4H3. The number of fused-ring (bicyclic) bond motifs is 1. The predicted molar refractivity (Wildman–Crippen MR) is 138 cm³/mol. The molecule has 5 aromatic rings. The summed E-state index contributed by atoms with van der Waals surface area (Å²) in [6.45, 7) is 2.96. The Kier molecular flexibility index (Phi) is 6.58. The van der Waals surface area contributed by atoms with E-state index in [4.69, 9.17) is 35.9 Å². The lowest BCUT2D eigenvalue weighted by molar-refractivity contribution is 0.146. The Balaban J connectivity index is 1.72. The Labute approximate surface area is 213 Å². The fourth-order valence-electron chi connectivity index (χ4n) is 4.16. The van der Waals surface area contributed by atoms with Gasteiger partial charge in [-0.15, -0.1) is 5.10 Å². The van der Waals surface area contributed by atoms with Crippen LogP contribution in [0, 0.1) is 6.92 Å². The molecule has 0 spiro atoms. The van der Waals surface area contributed by atoms with Crippen molar-refractivity contribution in [3.8, 4) is 45.5 Å². The van der Waals surface area contributed by atoms with E-state index >= 15 is 0 Å². The van der Waals surface area contributed by atoms with E-state index in [1.807, 2.05) is 61.3 Å².